The number of nitrogens with zero attached hydrogens (tertiary/aromatic N) is 5. The van der Waals surface area contributed by atoms with Gasteiger partial charge in [-0.3, -0.25) is 4.79 Å². The Morgan fingerprint density at radius 2 is 1.82 bits per heavy atom. The lowest BCUT2D eigenvalue weighted by Gasteiger charge is -2.37. The van der Waals surface area contributed by atoms with Crippen molar-refractivity contribution in [2.75, 3.05) is 49.1 Å². The summed E-state index contributed by atoms with van der Waals surface area (Å²) in [6.07, 6.45) is 3.80. The van der Waals surface area contributed by atoms with Gasteiger partial charge in [0.15, 0.2) is 0 Å². The summed E-state index contributed by atoms with van der Waals surface area (Å²) < 4.78 is 0. The third-order valence-corrected chi connectivity index (χ3v) is 5.79. The van der Waals surface area contributed by atoms with Crippen molar-refractivity contribution in [1.29, 1.82) is 0 Å². The molecule has 148 valence electrons. The van der Waals surface area contributed by atoms with Crippen molar-refractivity contribution in [3.05, 3.63) is 47.9 Å². The molecule has 6 nitrogen and oxygen atoms in total. The summed E-state index contributed by atoms with van der Waals surface area (Å²) in [6, 6.07) is 10.5. The molecule has 1 aromatic heterocycles. The standard InChI is InChI=1S/C22H29N5O/c1-17-5-3-7-19(13-17)25-9-11-26(12-10-25)21-14-20(23-16-24-21)22(28)27-8-4-6-18(2)15-27/h3,5,7,13-14,16,18H,4,6,8-12,15H2,1-2H3. The number of carbonyl (C=O) groups is 1. The topological polar surface area (TPSA) is 52.6 Å². The number of aromatic nitrogens is 2. The van der Waals surface area contributed by atoms with Gasteiger partial charge in [-0.1, -0.05) is 19.1 Å². The van der Waals surface area contributed by atoms with E-state index in [1.165, 1.54) is 24.0 Å². The van der Waals surface area contributed by atoms with Crippen molar-refractivity contribution < 1.29 is 4.79 Å². The van der Waals surface area contributed by atoms with Gasteiger partial charge in [-0.05, 0) is 43.4 Å². The second kappa shape index (κ2) is 8.17. The van der Waals surface area contributed by atoms with Crippen LogP contribution in [0, 0.1) is 12.8 Å². The molecule has 2 aliphatic rings. The number of hydrogen-bond acceptors (Lipinski definition) is 5. The van der Waals surface area contributed by atoms with Gasteiger partial charge in [0, 0.05) is 51.0 Å². The number of piperazine rings is 1. The highest BCUT2D eigenvalue weighted by Crippen LogP contribution is 2.22. The van der Waals surface area contributed by atoms with Gasteiger partial charge in [0.25, 0.3) is 5.91 Å². The van der Waals surface area contributed by atoms with Crippen LogP contribution >= 0.6 is 0 Å². The molecule has 0 spiro atoms. The zero-order valence-electron chi connectivity index (χ0n) is 16.8. The minimum Gasteiger partial charge on any atom is -0.368 e. The van der Waals surface area contributed by atoms with Crippen LogP contribution in [0.15, 0.2) is 36.7 Å². The molecule has 3 heterocycles. The predicted octanol–water partition coefficient (Wildman–Crippen LogP) is 2.98. The lowest BCUT2D eigenvalue weighted by molar-refractivity contribution is 0.0677. The van der Waals surface area contributed by atoms with Crippen molar-refractivity contribution in [2.45, 2.75) is 26.7 Å². The molecule has 6 heteroatoms. The molecule has 4 rings (SSSR count). The van der Waals surface area contributed by atoms with Crippen LogP contribution in [0.4, 0.5) is 11.5 Å². The van der Waals surface area contributed by atoms with E-state index in [1.54, 1.807) is 0 Å². The van der Waals surface area contributed by atoms with Crippen LogP contribution in [0.25, 0.3) is 0 Å². The highest BCUT2D eigenvalue weighted by atomic mass is 16.2. The number of benzene rings is 1. The van der Waals surface area contributed by atoms with Gasteiger partial charge in [-0.15, -0.1) is 0 Å². The van der Waals surface area contributed by atoms with Gasteiger partial charge in [0.05, 0.1) is 0 Å². The molecule has 0 aliphatic carbocycles. The van der Waals surface area contributed by atoms with E-state index in [0.717, 1.165) is 51.5 Å². The Kier molecular flexibility index (Phi) is 5.46. The number of aryl methyl sites for hydroxylation is 1. The summed E-state index contributed by atoms with van der Waals surface area (Å²) in [5, 5.41) is 0. The summed E-state index contributed by atoms with van der Waals surface area (Å²) in [5.41, 5.74) is 3.07. The smallest absolute Gasteiger partial charge is 0.272 e. The molecule has 0 radical (unpaired) electrons. The Labute approximate surface area is 167 Å². The Morgan fingerprint density at radius 1 is 1.04 bits per heavy atom. The molecule has 1 aromatic carbocycles. The van der Waals surface area contributed by atoms with Crippen LogP contribution in [-0.4, -0.2) is 60.0 Å². The summed E-state index contributed by atoms with van der Waals surface area (Å²) >= 11 is 0. The third kappa shape index (κ3) is 4.11. The van der Waals surface area contributed by atoms with Crippen LogP contribution in [0.3, 0.4) is 0 Å². The SMILES string of the molecule is Cc1cccc(N2CCN(c3cc(C(=O)N4CCCC(C)C4)ncn3)CC2)c1. The molecule has 2 saturated heterocycles. The number of amides is 1. The van der Waals surface area contributed by atoms with E-state index in [2.05, 4.69) is 57.9 Å². The fourth-order valence-electron chi connectivity index (χ4n) is 4.19. The van der Waals surface area contributed by atoms with Crippen LogP contribution < -0.4 is 9.80 Å². The molecule has 0 N–H and O–H groups in total. The number of anilines is 2. The molecular formula is C22H29N5O. The largest absolute Gasteiger partial charge is 0.368 e. The monoisotopic (exact) mass is 379 g/mol. The van der Waals surface area contributed by atoms with Crippen molar-refractivity contribution >= 4 is 17.4 Å². The van der Waals surface area contributed by atoms with Crippen LogP contribution in [0.2, 0.25) is 0 Å². The number of hydrogen-bond donors (Lipinski definition) is 0. The van der Waals surface area contributed by atoms with E-state index in [1.807, 2.05) is 11.0 Å². The van der Waals surface area contributed by atoms with Crippen molar-refractivity contribution in [2.24, 2.45) is 5.92 Å². The average molecular weight is 380 g/mol. The highest BCUT2D eigenvalue weighted by molar-refractivity contribution is 5.93. The van der Waals surface area contributed by atoms with Crippen LogP contribution in [-0.2, 0) is 0 Å². The first-order chi connectivity index (χ1) is 13.6. The van der Waals surface area contributed by atoms with Gasteiger partial charge in [0.1, 0.15) is 17.8 Å². The van der Waals surface area contributed by atoms with Crippen LogP contribution in [0.5, 0.6) is 0 Å². The van der Waals surface area contributed by atoms with E-state index in [9.17, 15) is 4.79 Å². The second-order valence-electron chi connectivity index (χ2n) is 8.07. The molecule has 1 atom stereocenters. The molecular weight excluding hydrogens is 350 g/mol. The highest BCUT2D eigenvalue weighted by Gasteiger charge is 2.24. The summed E-state index contributed by atoms with van der Waals surface area (Å²) in [7, 11) is 0. The fourth-order valence-corrected chi connectivity index (χ4v) is 4.19. The average Bonchev–Trinajstić information content (AvgIpc) is 2.73. The summed E-state index contributed by atoms with van der Waals surface area (Å²) in [5.74, 6) is 1.45. The van der Waals surface area contributed by atoms with Gasteiger partial charge >= 0.3 is 0 Å². The molecule has 28 heavy (non-hydrogen) atoms. The molecule has 0 bridgehead atoms. The van der Waals surface area contributed by atoms with E-state index < -0.39 is 0 Å². The fraction of sp³-hybridized carbons (Fsp3) is 0.500. The molecule has 2 aromatic rings. The quantitative estimate of drug-likeness (QED) is 0.821. The Balaban J connectivity index is 1.42. The maximum Gasteiger partial charge on any atom is 0.272 e. The number of likely N-dealkylation sites (tertiary alicyclic amines) is 1. The van der Waals surface area contributed by atoms with Gasteiger partial charge < -0.3 is 14.7 Å². The normalized spacial score (nSPS) is 20.4. The molecule has 2 fully saturated rings. The summed E-state index contributed by atoms with van der Waals surface area (Å²) in [4.78, 5) is 28.2. The van der Waals surface area contributed by atoms with Gasteiger partial charge in [0.2, 0.25) is 0 Å². The van der Waals surface area contributed by atoms with Crippen LogP contribution in [0.1, 0.15) is 35.8 Å². The van der Waals surface area contributed by atoms with E-state index in [4.69, 9.17) is 0 Å². The zero-order valence-corrected chi connectivity index (χ0v) is 16.8. The zero-order chi connectivity index (χ0) is 19.5. The number of rotatable bonds is 3. The first-order valence-corrected chi connectivity index (χ1v) is 10.3. The Bertz CT molecular complexity index is 831. The lowest BCUT2D eigenvalue weighted by Crippen LogP contribution is -2.47. The molecule has 2 aliphatic heterocycles. The maximum absolute atomic E-state index is 12.9. The van der Waals surface area contributed by atoms with Crippen molar-refractivity contribution in [1.82, 2.24) is 14.9 Å². The predicted molar refractivity (Wildman–Crippen MR) is 112 cm³/mol. The number of piperidine rings is 1. The van der Waals surface area contributed by atoms with E-state index >= 15 is 0 Å². The molecule has 1 amide bonds. The Hall–Kier alpha value is -2.63. The maximum atomic E-state index is 12.9. The Morgan fingerprint density at radius 3 is 2.57 bits per heavy atom. The minimum atomic E-state index is 0.0357. The lowest BCUT2D eigenvalue weighted by atomic mass is 10.00. The van der Waals surface area contributed by atoms with Gasteiger partial charge in [-0.25, -0.2) is 9.97 Å². The van der Waals surface area contributed by atoms with Crippen molar-refractivity contribution in [3.8, 4) is 0 Å². The second-order valence-corrected chi connectivity index (χ2v) is 8.07. The van der Waals surface area contributed by atoms with E-state index in [0.29, 0.717) is 11.6 Å². The number of carbonyl (C=O) groups excluding carboxylic acids is 1. The first-order valence-electron chi connectivity index (χ1n) is 10.3. The van der Waals surface area contributed by atoms with Crippen molar-refractivity contribution in [3.63, 3.8) is 0 Å². The van der Waals surface area contributed by atoms with Gasteiger partial charge in [-0.2, -0.15) is 0 Å². The van der Waals surface area contributed by atoms with E-state index in [-0.39, 0.29) is 5.91 Å². The summed E-state index contributed by atoms with van der Waals surface area (Å²) in [6.45, 7) is 9.66. The molecule has 0 saturated carbocycles. The minimum absolute atomic E-state index is 0.0357. The third-order valence-electron chi connectivity index (χ3n) is 5.79. The first kappa shape index (κ1) is 18.7. The molecule has 1 unspecified atom stereocenters.